The lowest BCUT2D eigenvalue weighted by Gasteiger charge is -1.98. The molecule has 4 heteroatoms. The minimum Gasteiger partial charge on any atom is -0.297 e. The Morgan fingerprint density at radius 1 is 1.50 bits per heavy atom. The number of hydrogen-bond acceptors (Lipinski definition) is 2. The van der Waals surface area contributed by atoms with E-state index in [0.29, 0.717) is 21.2 Å². The molecule has 1 nitrogen and oxygen atoms in total. The molecule has 0 saturated carbocycles. The zero-order valence-corrected chi connectivity index (χ0v) is 9.49. The van der Waals surface area contributed by atoms with Crippen LogP contribution in [0.2, 0.25) is 0 Å². The summed E-state index contributed by atoms with van der Waals surface area (Å²) in [4.78, 5) is 11.1. The SMILES string of the molecule is O=Cc1cc2c(F)c(CBr)ccc2s1. The predicted octanol–water partition coefficient (Wildman–Crippen LogP) is 3.75. The van der Waals surface area contributed by atoms with Crippen LogP contribution in [0.15, 0.2) is 18.2 Å². The first-order chi connectivity index (χ1) is 6.76. The summed E-state index contributed by atoms with van der Waals surface area (Å²) in [5, 5.41) is 1.02. The van der Waals surface area contributed by atoms with Gasteiger partial charge in [0.25, 0.3) is 0 Å². The minimum absolute atomic E-state index is 0.233. The molecule has 0 unspecified atom stereocenters. The van der Waals surface area contributed by atoms with E-state index in [9.17, 15) is 9.18 Å². The van der Waals surface area contributed by atoms with E-state index in [1.165, 1.54) is 11.3 Å². The second-order valence-corrected chi connectivity index (χ2v) is 4.53. The second kappa shape index (κ2) is 3.79. The van der Waals surface area contributed by atoms with Gasteiger partial charge >= 0.3 is 0 Å². The van der Waals surface area contributed by atoms with E-state index in [1.54, 1.807) is 12.1 Å². The van der Waals surface area contributed by atoms with Gasteiger partial charge in [-0.2, -0.15) is 0 Å². The quantitative estimate of drug-likeness (QED) is 0.601. The average molecular weight is 273 g/mol. The Bertz CT molecular complexity index is 492. The molecular weight excluding hydrogens is 267 g/mol. The maximum atomic E-state index is 13.7. The molecule has 0 N–H and O–H groups in total. The molecule has 2 aromatic rings. The van der Waals surface area contributed by atoms with Gasteiger partial charge in [-0.1, -0.05) is 22.0 Å². The van der Waals surface area contributed by atoms with Crippen LogP contribution in [0.4, 0.5) is 4.39 Å². The molecule has 0 spiro atoms. The van der Waals surface area contributed by atoms with Crippen molar-refractivity contribution in [3.63, 3.8) is 0 Å². The zero-order valence-electron chi connectivity index (χ0n) is 7.09. The molecule has 14 heavy (non-hydrogen) atoms. The van der Waals surface area contributed by atoms with Crippen LogP contribution >= 0.6 is 27.3 Å². The van der Waals surface area contributed by atoms with E-state index in [2.05, 4.69) is 15.9 Å². The summed E-state index contributed by atoms with van der Waals surface area (Å²) < 4.78 is 14.5. The van der Waals surface area contributed by atoms with Gasteiger partial charge in [-0.05, 0) is 17.7 Å². The van der Waals surface area contributed by atoms with Crippen LogP contribution in [0.1, 0.15) is 15.2 Å². The number of thiophene rings is 1. The first-order valence-electron chi connectivity index (χ1n) is 3.98. The van der Waals surface area contributed by atoms with Gasteiger partial charge in [0.2, 0.25) is 0 Å². The average Bonchev–Trinajstić information content (AvgIpc) is 2.62. The van der Waals surface area contributed by atoms with Gasteiger partial charge in [-0.25, -0.2) is 4.39 Å². The number of halogens is 2. The van der Waals surface area contributed by atoms with Crippen LogP contribution < -0.4 is 0 Å². The Morgan fingerprint density at radius 2 is 2.29 bits per heavy atom. The van der Waals surface area contributed by atoms with Gasteiger partial charge in [-0.15, -0.1) is 11.3 Å². The van der Waals surface area contributed by atoms with Crippen LogP contribution in [0, 0.1) is 5.82 Å². The monoisotopic (exact) mass is 272 g/mol. The molecule has 0 aliphatic rings. The van der Waals surface area contributed by atoms with E-state index in [0.717, 1.165) is 11.0 Å². The smallest absolute Gasteiger partial charge is 0.160 e. The fourth-order valence-electron chi connectivity index (χ4n) is 1.30. The Labute approximate surface area is 92.7 Å². The third-order valence-electron chi connectivity index (χ3n) is 1.99. The van der Waals surface area contributed by atoms with Crippen LogP contribution in [0.25, 0.3) is 10.1 Å². The van der Waals surface area contributed by atoms with Crippen molar-refractivity contribution in [2.24, 2.45) is 0 Å². The van der Waals surface area contributed by atoms with E-state index < -0.39 is 0 Å². The van der Waals surface area contributed by atoms with E-state index in [-0.39, 0.29) is 5.82 Å². The molecule has 1 heterocycles. The summed E-state index contributed by atoms with van der Waals surface area (Å²) in [5.74, 6) is -0.233. The van der Waals surface area contributed by atoms with Crippen molar-refractivity contribution in [2.45, 2.75) is 5.33 Å². The normalized spacial score (nSPS) is 10.7. The van der Waals surface area contributed by atoms with Crippen molar-refractivity contribution in [3.05, 3.63) is 34.5 Å². The highest BCUT2D eigenvalue weighted by Gasteiger charge is 2.09. The molecular formula is C10H6BrFOS. The molecule has 0 atom stereocenters. The fraction of sp³-hybridized carbons (Fsp3) is 0.100. The molecule has 2 rings (SSSR count). The van der Waals surface area contributed by atoms with E-state index >= 15 is 0 Å². The molecule has 0 radical (unpaired) electrons. The second-order valence-electron chi connectivity index (χ2n) is 2.85. The third-order valence-corrected chi connectivity index (χ3v) is 3.62. The maximum Gasteiger partial charge on any atom is 0.160 e. The molecule has 0 aliphatic carbocycles. The lowest BCUT2D eigenvalue weighted by atomic mass is 10.1. The fourth-order valence-corrected chi connectivity index (χ4v) is 2.61. The van der Waals surface area contributed by atoms with Crippen molar-refractivity contribution in [2.75, 3.05) is 0 Å². The Morgan fingerprint density at radius 3 is 2.93 bits per heavy atom. The number of aldehydes is 1. The lowest BCUT2D eigenvalue weighted by molar-refractivity contribution is 0.112. The minimum atomic E-state index is -0.233. The highest BCUT2D eigenvalue weighted by Crippen LogP contribution is 2.29. The molecule has 0 fully saturated rings. The standard InChI is InChI=1S/C10H6BrFOS/c11-4-6-1-2-9-8(10(6)12)3-7(5-13)14-9/h1-3,5H,4H2. The first kappa shape index (κ1) is 9.80. The number of benzene rings is 1. The van der Waals surface area contributed by atoms with Crippen molar-refractivity contribution < 1.29 is 9.18 Å². The summed E-state index contributed by atoms with van der Waals surface area (Å²) in [7, 11) is 0. The zero-order chi connectivity index (χ0) is 10.1. The number of hydrogen-bond donors (Lipinski definition) is 0. The molecule has 0 amide bonds. The van der Waals surface area contributed by atoms with E-state index in [4.69, 9.17) is 0 Å². The first-order valence-corrected chi connectivity index (χ1v) is 5.92. The highest BCUT2D eigenvalue weighted by molar-refractivity contribution is 9.08. The summed E-state index contributed by atoms with van der Waals surface area (Å²) in [6.07, 6.45) is 0.748. The highest BCUT2D eigenvalue weighted by atomic mass is 79.9. The van der Waals surface area contributed by atoms with Crippen molar-refractivity contribution in [1.82, 2.24) is 0 Å². The summed E-state index contributed by atoms with van der Waals surface area (Å²) >= 11 is 4.52. The third kappa shape index (κ3) is 1.48. The molecule has 0 saturated heterocycles. The topological polar surface area (TPSA) is 17.1 Å². The molecule has 0 aliphatic heterocycles. The number of carbonyl (C=O) groups is 1. The van der Waals surface area contributed by atoms with Gasteiger partial charge in [0, 0.05) is 15.4 Å². The maximum absolute atomic E-state index is 13.7. The summed E-state index contributed by atoms with van der Waals surface area (Å²) in [6.45, 7) is 0. The van der Waals surface area contributed by atoms with Gasteiger partial charge in [0.15, 0.2) is 6.29 Å². The number of alkyl halides is 1. The summed E-state index contributed by atoms with van der Waals surface area (Å²) in [6, 6.07) is 5.17. The summed E-state index contributed by atoms with van der Waals surface area (Å²) in [5.41, 5.74) is 0.618. The van der Waals surface area contributed by atoms with Crippen LogP contribution in [0.5, 0.6) is 0 Å². The molecule has 72 valence electrons. The molecule has 1 aromatic heterocycles. The van der Waals surface area contributed by atoms with Crippen molar-refractivity contribution in [1.29, 1.82) is 0 Å². The molecule has 1 aromatic carbocycles. The molecule has 0 bridgehead atoms. The van der Waals surface area contributed by atoms with Crippen LogP contribution in [0.3, 0.4) is 0 Å². The van der Waals surface area contributed by atoms with Crippen LogP contribution in [-0.4, -0.2) is 6.29 Å². The van der Waals surface area contributed by atoms with Gasteiger partial charge in [0.1, 0.15) is 5.82 Å². The van der Waals surface area contributed by atoms with E-state index in [1.807, 2.05) is 6.07 Å². The van der Waals surface area contributed by atoms with Crippen molar-refractivity contribution in [3.8, 4) is 0 Å². The Balaban J connectivity index is 2.74. The van der Waals surface area contributed by atoms with Crippen LogP contribution in [-0.2, 0) is 5.33 Å². The Hall–Kier alpha value is -0.740. The number of carbonyl (C=O) groups excluding carboxylic acids is 1. The number of rotatable bonds is 2. The number of fused-ring (bicyclic) bond motifs is 1. The van der Waals surface area contributed by atoms with Crippen molar-refractivity contribution >= 4 is 43.6 Å². The van der Waals surface area contributed by atoms with Gasteiger partial charge in [0.05, 0.1) is 4.88 Å². The van der Waals surface area contributed by atoms with Gasteiger partial charge < -0.3 is 0 Å². The predicted molar refractivity (Wildman–Crippen MR) is 59.8 cm³/mol. The largest absolute Gasteiger partial charge is 0.297 e. The Kier molecular flexibility index (Phi) is 2.65. The lowest BCUT2D eigenvalue weighted by Crippen LogP contribution is -1.84. The van der Waals surface area contributed by atoms with Gasteiger partial charge in [-0.3, -0.25) is 4.79 Å².